The van der Waals surface area contributed by atoms with E-state index in [1.54, 1.807) is 7.11 Å². The number of methoxy groups -OCH3 is 1. The number of thiocarbonyl (C=S) groups is 1. The summed E-state index contributed by atoms with van der Waals surface area (Å²) in [6, 6.07) is 8.67. The van der Waals surface area contributed by atoms with Gasteiger partial charge < -0.3 is 15.4 Å². The Bertz CT molecular complexity index is 1110. The van der Waals surface area contributed by atoms with Gasteiger partial charge in [0.05, 0.1) is 18.7 Å². The summed E-state index contributed by atoms with van der Waals surface area (Å²) in [5.74, 6) is 2.10. The molecule has 5 atom stereocenters. The van der Waals surface area contributed by atoms with Gasteiger partial charge in [-0.3, -0.25) is 9.88 Å². The summed E-state index contributed by atoms with van der Waals surface area (Å²) in [4.78, 5) is 7.24. The lowest BCUT2D eigenvalue weighted by Gasteiger charge is -2.52. The number of hydrogen-bond donors (Lipinski definition) is 2. The summed E-state index contributed by atoms with van der Waals surface area (Å²) in [5.41, 5.74) is 3.54. The molecular formula is C27H32N4OS. The number of fused-ring (bicyclic) bond motifs is 4. The molecule has 6 heteroatoms. The van der Waals surface area contributed by atoms with E-state index in [-0.39, 0.29) is 6.04 Å². The Balaban J connectivity index is 1.46. The average Bonchev–Trinajstić information content (AvgIpc) is 3.39. The molecule has 1 aromatic heterocycles. The number of nitrogens with one attached hydrogen (secondary N) is 2. The minimum atomic E-state index is 0.0619. The van der Waals surface area contributed by atoms with Crippen LogP contribution in [0.3, 0.4) is 0 Å². The highest BCUT2D eigenvalue weighted by Gasteiger charge is 2.43. The standard InChI is InChI=1S/C27H32N4OS/c1-3-19-17-31-13-11-20(19)14-25(31)26(30-27(33)29-16-18-6-4-5-7-18)22-10-12-28-24-9-8-21(32-2)15-23(22)24/h3-6,8-10,12,15,19-20,25-26H,1,7,11,13-14,16-17H2,2H3,(H2,29,30,33)/t19?,20?,25?,26-/m0/s1. The number of nitrogens with zero attached hydrogens (tertiary/aromatic N) is 2. The minimum absolute atomic E-state index is 0.0619. The van der Waals surface area contributed by atoms with E-state index < -0.39 is 0 Å². The van der Waals surface area contributed by atoms with Crippen LogP contribution in [0.25, 0.3) is 10.9 Å². The van der Waals surface area contributed by atoms with Crippen LogP contribution in [-0.2, 0) is 0 Å². The summed E-state index contributed by atoms with van der Waals surface area (Å²) < 4.78 is 5.54. The number of piperidine rings is 3. The number of benzene rings is 1. The number of pyridine rings is 1. The molecular weight excluding hydrogens is 428 g/mol. The van der Waals surface area contributed by atoms with E-state index in [2.05, 4.69) is 63.5 Å². The molecule has 5 nitrogen and oxygen atoms in total. The molecule has 2 bridgehead atoms. The van der Waals surface area contributed by atoms with Crippen molar-refractivity contribution in [2.75, 3.05) is 26.7 Å². The monoisotopic (exact) mass is 460 g/mol. The Morgan fingerprint density at radius 2 is 2.30 bits per heavy atom. The normalized spacial score (nSPS) is 26.6. The molecule has 2 aromatic rings. The fraction of sp³-hybridized carbons (Fsp3) is 0.407. The lowest BCUT2D eigenvalue weighted by atomic mass is 9.73. The van der Waals surface area contributed by atoms with E-state index in [4.69, 9.17) is 17.0 Å². The van der Waals surface area contributed by atoms with Crippen LogP contribution in [0.4, 0.5) is 0 Å². The van der Waals surface area contributed by atoms with Crippen molar-refractivity contribution in [3.05, 3.63) is 72.5 Å². The number of allylic oxidation sites excluding steroid dienone is 3. The van der Waals surface area contributed by atoms with Gasteiger partial charge in [-0.05, 0) is 85.3 Å². The molecule has 3 aliphatic heterocycles. The van der Waals surface area contributed by atoms with Gasteiger partial charge in [-0.1, -0.05) is 24.3 Å². The molecule has 33 heavy (non-hydrogen) atoms. The Labute approximate surface area is 201 Å². The van der Waals surface area contributed by atoms with E-state index in [1.165, 1.54) is 17.6 Å². The number of rotatable bonds is 7. The highest BCUT2D eigenvalue weighted by molar-refractivity contribution is 7.80. The Morgan fingerprint density at radius 3 is 3.03 bits per heavy atom. The smallest absolute Gasteiger partial charge is 0.167 e. The zero-order chi connectivity index (χ0) is 22.8. The second-order valence-corrected chi connectivity index (χ2v) is 9.70. The maximum atomic E-state index is 5.79. The number of hydrogen-bond acceptors (Lipinski definition) is 4. The van der Waals surface area contributed by atoms with Gasteiger partial charge in [0.25, 0.3) is 0 Å². The molecule has 6 rings (SSSR count). The molecule has 4 unspecified atom stereocenters. The molecule has 4 heterocycles. The first-order valence-corrected chi connectivity index (χ1v) is 12.3. The summed E-state index contributed by atoms with van der Waals surface area (Å²) in [6.07, 6.45) is 13.9. The first-order chi connectivity index (χ1) is 16.2. The second kappa shape index (κ2) is 9.65. The van der Waals surface area contributed by atoms with Crippen molar-refractivity contribution < 1.29 is 4.74 Å². The fourth-order valence-electron chi connectivity index (χ4n) is 5.66. The summed E-state index contributed by atoms with van der Waals surface area (Å²) in [6.45, 7) is 7.07. The van der Waals surface area contributed by atoms with Crippen LogP contribution in [0.2, 0.25) is 0 Å². The number of ether oxygens (including phenoxy) is 1. The van der Waals surface area contributed by atoms with Crippen molar-refractivity contribution in [1.29, 1.82) is 0 Å². The van der Waals surface area contributed by atoms with Crippen molar-refractivity contribution in [2.24, 2.45) is 11.8 Å². The maximum Gasteiger partial charge on any atom is 0.167 e. The van der Waals surface area contributed by atoms with Crippen LogP contribution in [-0.4, -0.2) is 47.8 Å². The van der Waals surface area contributed by atoms with Crippen molar-refractivity contribution in [2.45, 2.75) is 31.3 Å². The largest absolute Gasteiger partial charge is 0.497 e. The third-order valence-electron chi connectivity index (χ3n) is 7.47. The van der Waals surface area contributed by atoms with Crippen LogP contribution in [0.5, 0.6) is 5.75 Å². The Hall–Kier alpha value is -2.70. The summed E-state index contributed by atoms with van der Waals surface area (Å²) in [5, 5.41) is 8.96. The van der Waals surface area contributed by atoms with Gasteiger partial charge in [0.15, 0.2) is 5.11 Å². The van der Waals surface area contributed by atoms with Crippen LogP contribution in [0.15, 0.2) is 66.9 Å². The zero-order valence-electron chi connectivity index (χ0n) is 19.2. The molecule has 3 fully saturated rings. The summed E-state index contributed by atoms with van der Waals surface area (Å²) >= 11 is 5.79. The van der Waals surface area contributed by atoms with Crippen molar-refractivity contribution in [3.8, 4) is 5.75 Å². The average molecular weight is 461 g/mol. The second-order valence-electron chi connectivity index (χ2n) is 9.29. The van der Waals surface area contributed by atoms with Crippen molar-refractivity contribution >= 4 is 28.2 Å². The topological polar surface area (TPSA) is 49.4 Å². The zero-order valence-corrected chi connectivity index (χ0v) is 20.0. The lowest BCUT2D eigenvalue weighted by molar-refractivity contribution is 0.00430. The Kier molecular flexibility index (Phi) is 6.47. The van der Waals surface area contributed by atoms with Crippen LogP contribution in [0, 0.1) is 11.8 Å². The molecule has 1 aromatic carbocycles. The molecule has 0 amide bonds. The van der Waals surface area contributed by atoms with Crippen LogP contribution < -0.4 is 15.4 Å². The predicted octanol–water partition coefficient (Wildman–Crippen LogP) is 4.53. The van der Waals surface area contributed by atoms with Gasteiger partial charge in [0.2, 0.25) is 0 Å². The minimum Gasteiger partial charge on any atom is -0.497 e. The first-order valence-electron chi connectivity index (χ1n) is 11.8. The first kappa shape index (κ1) is 22.1. The van der Waals surface area contributed by atoms with Gasteiger partial charge in [-0.15, -0.1) is 6.58 Å². The predicted molar refractivity (Wildman–Crippen MR) is 138 cm³/mol. The maximum absolute atomic E-state index is 5.79. The molecule has 4 aliphatic rings. The van der Waals surface area contributed by atoms with E-state index in [1.807, 2.05) is 18.3 Å². The highest BCUT2D eigenvalue weighted by atomic mass is 32.1. The van der Waals surface area contributed by atoms with Gasteiger partial charge in [-0.2, -0.15) is 0 Å². The number of aromatic nitrogens is 1. The van der Waals surface area contributed by atoms with Crippen LogP contribution in [0.1, 0.15) is 30.9 Å². The van der Waals surface area contributed by atoms with Gasteiger partial charge in [-0.25, -0.2) is 0 Å². The highest BCUT2D eigenvalue weighted by Crippen LogP contribution is 2.42. The quantitative estimate of drug-likeness (QED) is 0.468. The third kappa shape index (κ3) is 4.55. The third-order valence-corrected chi connectivity index (χ3v) is 7.73. The molecule has 0 saturated carbocycles. The van der Waals surface area contributed by atoms with Gasteiger partial charge >= 0.3 is 0 Å². The van der Waals surface area contributed by atoms with E-state index in [0.29, 0.717) is 23.0 Å². The lowest BCUT2D eigenvalue weighted by Crippen LogP contribution is -2.58. The molecule has 0 radical (unpaired) electrons. The van der Waals surface area contributed by atoms with Crippen LogP contribution >= 0.6 is 12.2 Å². The molecule has 0 spiro atoms. The Morgan fingerprint density at radius 1 is 1.39 bits per heavy atom. The summed E-state index contributed by atoms with van der Waals surface area (Å²) in [7, 11) is 1.71. The van der Waals surface area contributed by atoms with Crippen molar-refractivity contribution in [1.82, 2.24) is 20.5 Å². The molecule has 172 valence electrons. The van der Waals surface area contributed by atoms with Gasteiger partial charge in [0, 0.05) is 30.7 Å². The van der Waals surface area contributed by atoms with Crippen molar-refractivity contribution in [3.63, 3.8) is 0 Å². The molecule has 3 saturated heterocycles. The molecule has 2 N–H and O–H groups in total. The van der Waals surface area contributed by atoms with E-state index in [0.717, 1.165) is 49.1 Å². The fourth-order valence-corrected chi connectivity index (χ4v) is 5.86. The van der Waals surface area contributed by atoms with Gasteiger partial charge in [0.1, 0.15) is 5.75 Å². The van der Waals surface area contributed by atoms with E-state index >= 15 is 0 Å². The molecule has 1 aliphatic carbocycles. The van der Waals surface area contributed by atoms with E-state index in [9.17, 15) is 0 Å². The SMILES string of the molecule is C=CC1CN2CCC1CC2[C@@H](NC(=S)NCC1=CC=CC1)c1ccnc2ccc(OC)cc12.